The van der Waals surface area contributed by atoms with Crippen LogP contribution in [0.4, 0.5) is 0 Å². The molecule has 0 unspecified atom stereocenters. The number of allylic oxidation sites excluding steroid dienone is 2. The Morgan fingerprint density at radius 2 is 2.14 bits per heavy atom. The van der Waals surface area contributed by atoms with Crippen molar-refractivity contribution in [1.82, 2.24) is 20.4 Å². The van der Waals surface area contributed by atoms with Crippen LogP contribution in [0.15, 0.2) is 41.2 Å². The minimum Gasteiger partial charge on any atom is -0.348 e. The van der Waals surface area contributed by atoms with Crippen LogP contribution in [0, 0.1) is 17.8 Å². The summed E-state index contributed by atoms with van der Waals surface area (Å²) < 4.78 is 5.05. The molecule has 22 heavy (non-hydrogen) atoms. The molecule has 2 aliphatic carbocycles. The molecule has 6 nitrogen and oxygen atoms in total. The van der Waals surface area contributed by atoms with Gasteiger partial charge in [-0.05, 0) is 42.7 Å². The number of nitrogens with one attached hydrogen (secondary N) is 1. The van der Waals surface area contributed by atoms with Crippen LogP contribution >= 0.6 is 0 Å². The van der Waals surface area contributed by atoms with E-state index in [9.17, 15) is 4.79 Å². The lowest BCUT2D eigenvalue weighted by atomic mass is 9.94. The summed E-state index contributed by atoms with van der Waals surface area (Å²) in [5.41, 5.74) is 0.774. The van der Waals surface area contributed by atoms with Crippen molar-refractivity contribution in [2.75, 3.05) is 6.54 Å². The van der Waals surface area contributed by atoms with Gasteiger partial charge in [-0.25, -0.2) is 0 Å². The van der Waals surface area contributed by atoms with Gasteiger partial charge in [0.05, 0.1) is 0 Å². The number of amides is 1. The molecule has 1 N–H and O–H groups in total. The summed E-state index contributed by atoms with van der Waals surface area (Å²) in [5.74, 6) is 1.94. The molecule has 0 spiro atoms. The number of hydrogen-bond acceptors (Lipinski definition) is 5. The van der Waals surface area contributed by atoms with E-state index in [-0.39, 0.29) is 11.8 Å². The maximum absolute atomic E-state index is 12.1. The number of nitrogens with zero attached hydrogens (tertiary/aromatic N) is 3. The minimum absolute atomic E-state index is 0.00510. The number of aromatic nitrogens is 3. The van der Waals surface area contributed by atoms with Gasteiger partial charge < -0.3 is 9.84 Å². The van der Waals surface area contributed by atoms with Crippen molar-refractivity contribution in [2.45, 2.75) is 12.8 Å². The molecule has 1 fully saturated rings. The molecule has 6 heteroatoms. The van der Waals surface area contributed by atoms with Crippen LogP contribution in [0.25, 0.3) is 11.4 Å². The summed E-state index contributed by atoms with van der Waals surface area (Å²) in [4.78, 5) is 20.2. The highest BCUT2D eigenvalue weighted by Crippen LogP contribution is 2.42. The van der Waals surface area contributed by atoms with Gasteiger partial charge >= 0.3 is 11.8 Å². The molecule has 0 aliphatic heterocycles. The number of fused-ring (bicyclic) bond motifs is 2. The average Bonchev–Trinajstić information content (AvgIpc) is 3.29. The van der Waals surface area contributed by atoms with E-state index in [1.807, 2.05) is 0 Å². The van der Waals surface area contributed by atoms with E-state index >= 15 is 0 Å². The van der Waals surface area contributed by atoms with Gasteiger partial charge in [-0.15, -0.1) is 0 Å². The van der Waals surface area contributed by atoms with Gasteiger partial charge in [-0.2, -0.15) is 4.98 Å². The van der Waals surface area contributed by atoms with Crippen LogP contribution in [-0.4, -0.2) is 27.6 Å². The van der Waals surface area contributed by atoms with Crippen LogP contribution in [0.3, 0.4) is 0 Å². The van der Waals surface area contributed by atoms with Crippen molar-refractivity contribution in [3.05, 3.63) is 42.6 Å². The maximum Gasteiger partial charge on any atom is 0.316 e. The van der Waals surface area contributed by atoms with Crippen molar-refractivity contribution < 1.29 is 9.32 Å². The Balaban J connectivity index is 1.39. The van der Waals surface area contributed by atoms with Crippen LogP contribution in [-0.2, 0) is 0 Å². The molecule has 112 valence electrons. The Bertz CT molecular complexity index is 710. The number of pyridine rings is 1. The molecule has 4 rings (SSSR count). The van der Waals surface area contributed by atoms with Crippen LogP contribution in [0.5, 0.6) is 0 Å². The molecule has 2 bridgehead atoms. The summed E-state index contributed by atoms with van der Waals surface area (Å²) in [7, 11) is 0. The summed E-state index contributed by atoms with van der Waals surface area (Å²) in [6, 6.07) is 3.54. The molecular formula is C16H16N4O2. The fourth-order valence-electron chi connectivity index (χ4n) is 3.36. The third-order valence-corrected chi connectivity index (χ3v) is 4.50. The highest BCUT2D eigenvalue weighted by Gasteiger charge is 2.35. The van der Waals surface area contributed by atoms with Crippen LogP contribution < -0.4 is 5.32 Å². The fraction of sp³-hybridized carbons (Fsp3) is 0.375. The SMILES string of the molecule is O=C(NC[C@@H]1C[C@H]2C=C[C@H]1C2)c1nc(-c2ccncc2)no1. The molecule has 2 aromatic heterocycles. The molecular weight excluding hydrogens is 280 g/mol. The lowest BCUT2D eigenvalue weighted by Crippen LogP contribution is -2.31. The Labute approximate surface area is 127 Å². The second-order valence-corrected chi connectivity index (χ2v) is 5.91. The van der Waals surface area contributed by atoms with Gasteiger partial charge in [0.25, 0.3) is 0 Å². The van der Waals surface area contributed by atoms with E-state index in [0.29, 0.717) is 30.1 Å². The lowest BCUT2D eigenvalue weighted by molar-refractivity contribution is 0.0901. The van der Waals surface area contributed by atoms with E-state index in [0.717, 1.165) is 12.0 Å². The van der Waals surface area contributed by atoms with Crippen LogP contribution in [0.2, 0.25) is 0 Å². The number of carbonyl (C=O) groups excluding carboxylic acids is 1. The zero-order valence-corrected chi connectivity index (χ0v) is 12.0. The summed E-state index contributed by atoms with van der Waals surface area (Å²) in [6.07, 6.45) is 10.3. The standard InChI is InChI=1S/C16H16N4O2/c21-15(18-9-13-8-10-1-2-12(13)7-10)16-19-14(20-22-16)11-3-5-17-6-4-11/h1-6,10,12-13H,7-9H2,(H,18,21)/t10-,12-,13-/m0/s1. The Morgan fingerprint density at radius 1 is 1.27 bits per heavy atom. The molecule has 3 atom stereocenters. The Hall–Kier alpha value is -2.50. The first-order valence-electron chi connectivity index (χ1n) is 7.50. The molecule has 0 saturated heterocycles. The third kappa shape index (κ3) is 2.41. The van der Waals surface area contributed by atoms with E-state index in [1.165, 1.54) is 6.42 Å². The second-order valence-electron chi connectivity index (χ2n) is 5.91. The van der Waals surface area contributed by atoms with Crippen molar-refractivity contribution in [1.29, 1.82) is 0 Å². The lowest BCUT2D eigenvalue weighted by Gasteiger charge is -2.17. The van der Waals surface area contributed by atoms with Crippen LogP contribution in [0.1, 0.15) is 23.5 Å². The Morgan fingerprint density at radius 3 is 2.86 bits per heavy atom. The van der Waals surface area contributed by atoms with Gasteiger partial charge in [0.2, 0.25) is 5.82 Å². The number of hydrogen-bond donors (Lipinski definition) is 1. The molecule has 2 heterocycles. The third-order valence-electron chi connectivity index (χ3n) is 4.50. The fourth-order valence-corrected chi connectivity index (χ4v) is 3.36. The van der Waals surface area contributed by atoms with E-state index < -0.39 is 0 Å². The minimum atomic E-state index is -0.306. The van der Waals surface area contributed by atoms with E-state index in [1.54, 1.807) is 24.5 Å². The number of rotatable bonds is 4. The quantitative estimate of drug-likeness (QED) is 0.874. The smallest absolute Gasteiger partial charge is 0.316 e. The molecule has 1 amide bonds. The highest BCUT2D eigenvalue weighted by molar-refractivity contribution is 5.89. The maximum atomic E-state index is 12.1. The highest BCUT2D eigenvalue weighted by atomic mass is 16.5. The first kappa shape index (κ1) is 13.2. The molecule has 2 aromatic rings. The van der Waals surface area contributed by atoms with Crippen molar-refractivity contribution in [2.24, 2.45) is 17.8 Å². The molecule has 0 aromatic carbocycles. The second kappa shape index (κ2) is 5.36. The normalized spacial score (nSPS) is 25.5. The van der Waals surface area contributed by atoms with Gasteiger partial charge in [0.1, 0.15) is 0 Å². The monoisotopic (exact) mass is 296 g/mol. The first-order valence-corrected chi connectivity index (χ1v) is 7.50. The summed E-state index contributed by atoms with van der Waals surface area (Å²) in [5, 5.41) is 6.75. The topological polar surface area (TPSA) is 80.9 Å². The number of carbonyl (C=O) groups is 1. The van der Waals surface area contributed by atoms with E-state index in [4.69, 9.17) is 4.52 Å². The van der Waals surface area contributed by atoms with Gasteiger partial charge in [-0.1, -0.05) is 17.3 Å². The van der Waals surface area contributed by atoms with Gasteiger partial charge in [-0.3, -0.25) is 9.78 Å². The summed E-state index contributed by atoms with van der Waals surface area (Å²) in [6.45, 7) is 0.664. The van der Waals surface area contributed by atoms with Crippen molar-refractivity contribution in [3.8, 4) is 11.4 Å². The van der Waals surface area contributed by atoms with Gasteiger partial charge in [0.15, 0.2) is 0 Å². The molecule has 1 saturated carbocycles. The van der Waals surface area contributed by atoms with Crippen molar-refractivity contribution >= 4 is 5.91 Å². The summed E-state index contributed by atoms with van der Waals surface area (Å²) >= 11 is 0. The first-order chi connectivity index (χ1) is 10.8. The zero-order valence-electron chi connectivity index (χ0n) is 12.0. The Kier molecular flexibility index (Phi) is 3.21. The molecule has 0 radical (unpaired) electrons. The predicted molar refractivity (Wildman–Crippen MR) is 78.7 cm³/mol. The van der Waals surface area contributed by atoms with E-state index in [2.05, 4.69) is 32.6 Å². The van der Waals surface area contributed by atoms with Crippen molar-refractivity contribution in [3.63, 3.8) is 0 Å². The zero-order chi connectivity index (χ0) is 14.9. The molecule has 2 aliphatic rings. The average molecular weight is 296 g/mol. The largest absolute Gasteiger partial charge is 0.348 e. The predicted octanol–water partition coefficient (Wildman–Crippen LogP) is 2.07. The van der Waals surface area contributed by atoms with Gasteiger partial charge in [0, 0.05) is 24.5 Å².